The molecular formula is C10H13ClN2. The number of nitrogens with zero attached hydrogens (tertiary/aromatic N) is 1. The van der Waals surface area contributed by atoms with E-state index in [4.69, 9.17) is 11.6 Å². The van der Waals surface area contributed by atoms with Crippen LogP contribution >= 0.6 is 11.6 Å². The minimum Gasteiger partial charge on any atom is -0.370 e. The van der Waals surface area contributed by atoms with Crippen molar-refractivity contribution in [3.05, 3.63) is 34.9 Å². The van der Waals surface area contributed by atoms with Crippen LogP contribution in [0.4, 0.5) is 0 Å². The number of amidine groups is 1. The molecule has 2 nitrogen and oxygen atoms in total. The minimum atomic E-state index is 0.725. The van der Waals surface area contributed by atoms with Crippen molar-refractivity contribution in [1.82, 2.24) is 5.32 Å². The predicted molar refractivity (Wildman–Crippen MR) is 57.3 cm³/mol. The summed E-state index contributed by atoms with van der Waals surface area (Å²) in [7, 11) is 1.76. The van der Waals surface area contributed by atoms with Crippen LogP contribution in [-0.2, 0) is 6.54 Å². The third kappa shape index (κ3) is 3.07. The van der Waals surface area contributed by atoms with Crippen molar-refractivity contribution < 1.29 is 0 Å². The molecule has 0 bridgehead atoms. The van der Waals surface area contributed by atoms with Gasteiger partial charge >= 0.3 is 0 Å². The van der Waals surface area contributed by atoms with E-state index >= 15 is 0 Å². The van der Waals surface area contributed by atoms with E-state index in [0.29, 0.717) is 0 Å². The maximum absolute atomic E-state index is 5.97. The highest BCUT2D eigenvalue weighted by molar-refractivity contribution is 6.31. The molecule has 0 aromatic heterocycles. The first-order valence-corrected chi connectivity index (χ1v) is 4.52. The molecule has 0 heterocycles. The highest BCUT2D eigenvalue weighted by Crippen LogP contribution is 2.13. The molecule has 1 rings (SSSR count). The molecule has 1 aromatic rings. The molecule has 0 amide bonds. The van der Waals surface area contributed by atoms with Crippen molar-refractivity contribution in [1.29, 1.82) is 0 Å². The fourth-order valence-electron chi connectivity index (χ4n) is 0.944. The summed E-state index contributed by atoms with van der Waals surface area (Å²) in [5, 5.41) is 3.95. The average molecular weight is 197 g/mol. The second kappa shape index (κ2) is 4.87. The number of nitrogens with one attached hydrogen (secondary N) is 1. The topological polar surface area (TPSA) is 24.4 Å². The van der Waals surface area contributed by atoms with Crippen LogP contribution < -0.4 is 5.32 Å². The van der Waals surface area contributed by atoms with Crippen molar-refractivity contribution in [2.75, 3.05) is 7.05 Å². The standard InChI is InChI=1S/C10H13ClN2/c1-8(12-2)13-7-9-5-3-4-6-10(9)11/h3-6H,7H2,1-2H3,(H,12,13). The number of hydrogen-bond acceptors (Lipinski definition) is 1. The summed E-state index contributed by atoms with van der Waals surface area (Å²) in [6, 6.07) is 7.78. The highest BCUT2D eigenvalue weighted by atomic mass is 35.5. The van der Waals surface area contributed by atoms with Crippen LogP contribution in [0.15, 0.2) is 29.3 Å². The van der Waals surface area contributed by atoms with E-state index in [9.17, 15) is 0 Å². The lowest BCUT2D eigenvalue weighted by atomic mass is 10.2. The van der Waals surface area contributed by atoms with Gasteiger partial charge in [-0.25, -0.2) is 0 Å². The van der Waals surface area contributed by atoms with Crippen molar-refractivity contribution in [2.24, 2.45) is 4.99 Å². The van der Waals surface area contributed by atoms with Crippen LogP contribution in [0.2, 0.25) is 5.02 Å². The van der Waals surface area contributed by atoms with Gasteiger partial charge in [-0.3, -0.25) is 4.99 Å². The summed E-state index contributed by atoms with van der Waals surface area (Å²) in [6.45, 7) is 2.65. The molecule has 0 atom stereocenters. The number of benzene rings is 1. The Kier molecular flexibility index (Phi) is 3.77. The second-order valence-electron chi connectivity index (χ2n) is 2.75. The third-order valence-corrected chi connectivity index (χ3v) is 2.20. The van der Waals surface area contributed by atoms with Gasteiger partial charge in [-0.05, 0) is 18.6 Å². The number of halogens is 1. The van der Waals surface area contributed by atoms with Gasteiger partial charge in [-0.1, -0.05) is 29.8 Å². The van der Waals surface area contributed by atoms with Gasteiger partial charge in [0, 0.05) is 18.6 Å². The summed E-state index contributed by atoms with van der Waals surface area (Å²) in [5.74, 6) is 0.917. The predicted octanol–water partition coefficient (Wildman–Crippen LogP) is 2.48. The lowest BCUT2D eigenvalue weighted by Crippen LogP contribution is -2.19. The molecule has 1 N–H and O–H groups in total. The summed E-state index contributed by atoms with van der Waals surface area (Å²) in [4.78, 5) is 4.00. The van der Waals surface area contributed by atoms with Gasteiger partial charge < -0.3 is 5.32 Å². The summed E-state index contributed by atoms with van der Waals surface area (Å²) in [6.07, 6.45) is 0. The van der Waals surface area contributed by atoms with Crippen LogP contribution in [0, 0.1) is 0 Å². The van der Waals surface area contributed by atoms with E-state index in [2.05, 4.69) is 10.3 Å². The van der Waals surface area contributed by atoms with Crippen molar-refractivity contribution in [2.45, 2.75) is 13.5 Å². The molecule has 0 spiro atoms. The Balaban J connectivity index is 2.60. The molecule has 0 aliphatic heterocycles. The first-order valence-electron chi connectivity index (χ1n) is 4.14. The van der Waals surface area contributed by atoms with Crippen molar-refractivity contribution >= 4 is 17.4 Å². The van der Waals surface area contributed by atoms with E-state index in [1.165, 1.54) is 0 Å². The van der Waals surface area contributed by atoms with Crippen LogP contribution in [0.25, 0.3) is 0 Å². The zero-order valence-corrected chi connectivity index (χ0v) is 8.60. The molecule has 0 radical (unpaired) electrons. The van der Waals surface area contributed by atoms with Crippen molar-refractivity contribution in [3.63, 3.8) is 0 Å². The summed E-state index contributed by atoms with van der Waals surface area (Å²) in [5.41, 5.74) is 1.09. The van der Waals surface area contributed by atoms with Gasteiger partial charge in [0.25, 0.3) is 0 Å². The first kappa shape index (κ1) is 10.1. The fraction of sp³-hybridized carbons (Fsp3) is 0.300. The van der Waals surface area contributed by atoms with Crippen LogP contribution in [0.1, 0.15) is 12.5 Å². The molecule has 0 aliphatic carbocycles. The van der Waals surface area contributed by atoms with Gasteiger partial charge in [-0.15, -0.1) is 0 Å². The molecule has 1 aromatic carbocycles. The molecule has 70 valence electrons. The van der Waals surface area contributed by atoms with Gasteiger partial charge in [0.2, 0.25) is 0 Å². The molecule has 3 heteroatoms. The Morgan fingerprint density at radius 1 is 1.46 bits per heavy atom. The van der Waals surface area contributed by atoms with E-state index in [-0.39, 0.29) is 0 Å². The Bertz CT molecular complexity index is 308. The fourth-order valence-corrected chi connectivity index (χ4v) is 1.15. The Morgan fingerprint density at radius 3 is 2.77 bits per heavy atom. The lowest BCUT2D eigenvalue weighted by Gasteiger charge is -2.06. The summed E-state index contributed by atoms with van der Waals surface area (Å²) >= 11 is 5.97. The number of hydrogen-bond donors (Lipinski definition) is 1. The van der Waals surface area contributed by atoms with Crippen molar-refractivity contribution in [3.8, 4) is 0 Å². The number of rotatable bonds is 2. The Morgan fingerprint density at radius 2 is 2.15 bits per heavy atom. The molecule has 0 fully saturated rings. The van der Waals surface area contributed by atoms with Gasteiger partial charge in [0.05, 0.1) is 5.84 Å². The molecule has 0 unspecified atom stereocenters. The normalized spacial score (nSPS) is 11.5. The smallest absolute Gasteiger partial charge is 0.0930 e. The zero-order valence-electron chi connectivity index (χ0n) is 7.84. The second-order valence-corrected chi connectivity index (χ2v) is 3.16. The van der Waals surface area contributed by atoms with E-state index in [0.717, 1.165) is 23.0 Å². The molecule has 0 aliphatic rings. The monoisotopic (exact) mass is 196 g/mol. The largest absolute Gasteiger partial charge is 0.370 e. The maximum Gasteiger partial charge on any atom is 0.0930 e. The Labute approximate surface area is 83.6 Å². The minimum absolute atomic E-state index is 0.725. The van der Waals surface area contributed by atoms with E-state index in [1.807, 2.05) is 31.2 Å². The molecule has 13 heavy (non-hydrogen) atoms. The highest BCUT2D eigenvalue weighted by Gasteiger charge is 1.97. The first-order chi connectivity index (χ1) is 6.24. The van der Waals surface area contributed by atoms with Crippen LogP contribution in [0.5, 0.6) is 0 Å². The third-order valence-electron chi connectivity index (χ3n) is 1.83. The SMILES string of the molecule is CN=C(C)NCc1ccccc1Cl. The zero-order chi connectivity index (χ0) is 9.68. The van der Waals surface area contributed by atoms with Gasteiger partial charge in [-0.2, -0.15) is 0 Å². The molecule has 0 saturated carbocycles. The molecule has 0 saturated heterocycles. The van der Waals surface area contributed by atoms with Crippen LogP contribution in [-0.4, -0.2) is 12.9 Å². The number of aliphatic imine (C=N–C) groups is 1. The van der Waals surface area contributed by atoms with Gasteiger partial charge in [0.1, 0.15) is 0 Å². The Hall–Kier alpha value is -1.02. The van der Waals surface area contributed by atoms with Crippen LogP contribution in [0.3, 0.4) is 0 Å². The van der Waals surface area contributed by atoms with Gasteiger partial charge in [0.15, 0.2) is 0 Å². The lowest BCUT2D eigenvalue weighted by molar-refractivity contribution is 0.906. The quantitative estimate of drug-likeness (QED) is 0.571. The van der Waals surface area contributed by atoms with E-state index < -0.39 is 0 Å². The molecular weight excluding hydrogens is 184 g/mol. The summed E-state index contributed by atoms with van der Waals surface area (Å²) < 4.78 is 0. The van der Waals surface area contributed by atoms with E-state index in [1.54, 1.807) is 7.05 Å². The maximum atomic E-state index is 5.97. The average Bonchev–Trinajstić information content (AvgIpc) is 2.16.